The molecular weight excluding hydrogens is 558 g/mol. The lowest BCUT2D eigenvalue weighted by molar-refractivity contribution is -0.162. The van der Waals surface area contributed by atoms with Gasteiger partial charge in [-0.3, -0.25) is 24.6 Å². The van der Waals surface area contributed by atoms with Gasteiger partial charge in [-0.2, -0.15) is 0 Å². The molecule has 5 atom stereocenters. The molecular formula is C22H25N5O12S. The first kappa shape index (κ1) is 30.2. The second kappa shape index (κ2) is 12.6. The summed E-state index contributed by atoms with van der Waals surface area (Å²) < 4.78 is 14.5. The largest absolute Gasteiger partial charge is 0.480 e. The number of nitrogens with one attached hydrogen (secondary N) is 2. The molecule has 2 unspecified atom stereocenters. The predicted molar refractivity (Wildman–Crippen MR) is 133 cm³/mol. The highest BCUT2D eigenvalue weighted by Gasteiger charge is 2.56. The number of β-lactam (4-membered cyclic amide) rings is 1. The van der Waals surface area contributed by atoms with Gasteiger partial charge in [0, 0.05) is 18.4 Å². The SMILES string of the molecule is CO[C@@H]1C(=O)N2C(C(=O)O)=C(COC(N)=O)C(NC(=O)C(O)c3ccc(NC(=O)OC[C@@H](N)C(=O)O)cc3)S[C@@H]12. The smallest absolute Gasteiger partial charge is 0.411 e. The maximum Gasteiger partial charge on any atom is 0.411 e. The molecule has 0 saturated carbocycles. The summed E-state index contributed by atoms with van der Waals surface area (Å²) >= 11 is 0.934. The van der Waals surface area contributed by atoms with E-state index < -0.39 is 83.8 Å². The number of anilines is 1. The maximum absolute atomic E-state index is 12.9. The van der Waals surface area contributed by atoms with Crippen molar-refractivity contribution < 1.29 is 58.3 Å². The Morgan fingerprint density at radius 2 is 1.77 bits per heavy atom. The first-order chi connectivity index (χ1) is 18.8. The van der Waals surface area contributed by atoms with E-state index in [9.17, 15) is 39.0 Å². The van der Waals surface area contributed by atoms with Gasteiger partial charge in [-0.05, 0) is 17.7 Å². The number of nitrogens with zero attached hydrogens (tertiary/aromatic N) is 1. The average molecular weight is 584 g/mol. The molecule has 9 N–H and O–H groups in total. The van der Waals surface area contributed by atoms with Crippen LogP contribution in [0.2, 0.25) is 0 Å². The second-order valence-corrected chi connectivity index (χ2v) is 9.49. The normalized spacial score (nSPS) is 21.3. The molecule has 2 heterocycles. The lowest BCUT2D eigenvalue weighted by Crippen LogP contribution is -2.67. The molecule has 1 aromatic rings. The number of carboxylic acid groups (broad SMARTS) is 2. The monoisotopic (exact) mass is 583 g/mol. The number of methoxy groups -OCH3 is 1. The van der Waals surface area contributed by atoms with Crippen LogP contribution in [0.25, 0.3) is 0 Å². The molecule has 0 spiro atoms. The van der Waals surface area contributed by atoms with Gasteiger partial charge in [-0.1, -0.05) is 12.1 Å². The quantitative estimate of drug-likeness (QED) is 0.146. The van der Waals surface area contributed by atoms with Crippen LogP contribution in [-0.2, 0) is 33.4 Å². The van der Waals surface area contributed by atoms with Crippen LogP contribution in [0.5, 0.6) is 0 Å². The fourth-order valence-electron chi connectivity index (χ4n) is 3.68. The Morgan fingerprint density at radius 3 is 2.33 bits per heavy atom. The summed E-state index contributed by atoms with van der Waals surface area (Å²) in [5.74, 6) is -4.48. The van der Waals surface area contributed by atoms with E-state index in [1.807, 2.05) is 0 Å². The zero-order chi connectivity index (χ0) is 29.7. The molecule has 2 aliphatic heterocycles. The van der Waals surface area contributed by atoms with E-state index in [1.165, 1.54) is 31.4 Å². The lowest BCUT2D eigenvalue weighted by Gasteiger charge is -2.50. The number of fused-ring (bicyclic) bond motifs is 1. The van der Waals surface area contributed by atoms with Gasteiger partial charge in [0.15, 0.2) is 12.2 Å². The number of carbonyl (C=O) groups is 6. The summed E-state index contributed by atoms with van der Waals surface area (Å²) in [4.78, 5) is 72.0. The van der Waals surface area contributed by atoms with Gasteiger partial charge in [0.25, 0.3) is 11.8 Å². The first-order valence-corrected chi connectivity index (χ1v) is 12.2. The summed E-state index contributed by atoms with van der Waals surface area (Å²) in [7, 11) is 1.26. The fourth-order valence-corrected chi connectivity index (χ4v) is 5.19. The van der Waals surface area contributed by atoms with E-state index >= 15 is 0 Å². The Bertz CT molecular complexity index is 1240. The third kappa shape index (κ3) is 6.60. The third-order valence-electron chi connectivity index (χ3n) is 5.66. The van der Waals surface area contributed by atoms with Crippen molar-refractivity contribution in [3.05, 3.63) is 41.1 Å². The molecule has 40 heavy (non-hydrogen) atoms. The highest BCUT2D eigenvalue weighted by molar-refractivity contribution is 8.00. The highest BCUT2D eigenvalue weighted by Crippen LogP contribution is 2.44. The standard InChI is InChI=1S/C22H25N5O12S/c1-37-14-17(30)27-12(20(33)34)10(6-38-21(24)35)16(40-18(14)27)26-15(29)13(28)8-2-4-9(5-3-8)25-22(36)39-7-11(23)19(31)32/h2-5,11,13-14,16,18,28H,6-7,23H2,1H3,(H2,24,35)(H,25,36)(H,26,29)(H,31,32)(H,33,34)/t11-,13?,14-,16?,18+/m1/s1. The van der Waals surface area contributed by atoms with Crippen molar-refractivity contribution in [2.75, 3.05) is 25.6 Å². The number of aliphatic carboxylic acids is 2. The topological polar surface area (TPSA) is 270 Å². The zero-order valence-electron chi connectivity index (χ0n) is 20.6. The van der Waals surface area contributed by atoms with Crippen LogP contribution in [0.3, 0.4) is 0 Å². The zero-order valence-corrected chi connectivity index (χ0v) is 21.5. The number of carbonyl (C=O) groups excluding carboxylic acids is 4. The minimum Gasteiger partial charge on any atom is -0.480 e. The van der Waals surface area contributed by atoms with Crippen LogP contribution in [0.1, 0.15) is 11.7 Å². The van der Waals surface area contributed by atoms with E-state index in [0.717, 1.165) is 16.7 Å². The van der Waals surface area contributed by atoms with Crippen molar-refractivity contribution >= 4 is 53.4 Å². The van der Waals surface area contributed by atoms with E-state index in [2.05, 4.69) is 10.6 Å². The number of ether oxygens (including phenoxy) is 3. The Balaban J connectivity index is 1.73. The highest BCUT2D eigenvalue weighted by atomic mass is 32.2. The van der Waals surface area contributed by atoms with Crippen molar-refractivity contribution in [2.45, 2.75) is 29.0 Å². The van der Waals surface area contributed by atoms with Crippen LogP contribution >= 0.6 is 11.8 Å². The van der Waals surface area contributed by atoms with Crippen molar-refractivity contribution in [3.8, 4) is 0 Å². The molecule has 1 aromatic carbocycles. The Labute approximate surface area is 229 Å². The van der Waals surface area contributed by atoms with E-state index in [0.29, 0.717) is 0 Å². The van der Waals surface area contributed by atoms with Crippen LogP contribution < -0.4 is 22.1 Å². The number of primary amides is 1. The molecule has 18 heteroatoms. The number of benzene rings is 1. The number of hydrogen-bond acceptors (Lipinski definition) is 12. The van der Waals surface area contributed by atoms with Gasteiger partial charge >= 0.3 is 24.1 Å². The summed E-state index contributed by atoms with van der Waals surface area (Å²) in [5, 5.41) is 31.9. The number of aliphatic hydroxyl groups is 1. The van der Waals surface area contributed by atoms with Gasteiger partial charge in [-0.25, -0.2) is 14.4 Å². The fraction of sp³-hybridized carbons (Fsp3) is 0.364. The van der Waals surface area contributed by atoms with Gasteiger partial charge < -0.3 is 46.3 Å². The van der Waals surface area contributed by atoms with Crippen molar-refractivity contribution in [2.24, 2.45) is 11.5 Å². The summed E-state index contributed by atoms with van der Waals surface area (Å²) in [5.41, 5.74) is 9.85. The number of carboxylic acids is 2. The van der Waals surface area contributed by atoms with Crippen LogP contribution in [0, 0.1) is 0 Å². The summed E-state index contributed by atoms with van der Waals surface area (Å²) in [6, 6.07) is 3.87. The maximum atomic E-state index is 12.9. The molecule has 3 rings (SSSR count). The van der Waals surface area contributed by atoms with Crippen molar-refractivity contribution in [1.29, 1.82) is 0 Å². The predicted octanol–water partition coefficient (Wildman–Crippen LogP) is -1.51. The van der Waals surface area contributed by atoms with Gasteiger partial charge in [0.1, 0.15) is 35.7 Å². The van der Waals surface area contributed by atoms with Gasteiger partial charge in [0.2, 0.25) is 0 Å². The molecule has 216 valence electrons. The van der Waals surface area contributed by atoms with Crippen LogP contribution in [0.15, 0.2) is 35.5 Å². The molecule has 0 aliphatic carbocycles. The molecule has 4 amide bonds. The van der Waals surface area contributed by atoms with Crippen LogP contribution in [0.4, 0.5) is 15.3 Å². The number of aliphatic hydroxyl groups excluding tert-OH is 1. The number of hydrogen-bond donors (Lipinski definition) is 7. The third-order valence-corrected chi connectivity index (χ3v) is 7.07. The Hall–Kier alpha value is -4.39. The molecule has 2 aliphatic rings. The lowest BCUT2D eigenvalue weighted by atomic mass is 10.0. The molecule has 1 fully saturated rings. The number of rotatable bonds is 11. The van der Waals surface area contributed by atoms with E-state index in [-0.39, 0.29) is 16.8 Å². The average Bonchev–Trinajstić information content (AvgIpc) is 2.90. The minimum absolute atomic E-state index is 0.0812. The number of nitrogens with two attached hydrogens (primary N) is 2. The van der Waals surface area contributed by atoms with Crippen LogP contribution in [-0.4, -0.2) is 99.4 Å². The molecule has 0 aromatic heterocycles. The molecule has 0 bridgehead atoms. The van der Waals surface area contributed by atoms with Crippen molar-refractivity contribution in [3.63, 3.8) is 0 Å². The first-order valence-electron chi connectivity index (χ1n) is 11.3. The number of amides is 4. The van der Waals surface area contributed by atoms with Gasteiger partial charge in [0.05, 0.1) is 0 Å². The van der Waals surface area contributed by atoms with Gasteiger partial charge in [-0.15, -0.1) is 11.8 Å². The molecule has 17 nitrogen and oxygen atoms in total. The Kier molecular flexibility index (Phi) is 9.53. The number of thioether (sulfide) groups is 1. The second-order valence-electron chi connectivity index (χ2n) is 8.26. The summed E-state index contributed by atoms with van der Waals surface area (Å²) in [6.45, 7) is -1.23. The van der Waals surface area contributed by atoms with E-state index in [1.54, 1.807) is 0 Å². The van der Waals surface area contributed by atoms with E-state index in [4.69, 9.17) is 30.8 Å². The van der Waals surface area contributed by atoms with Crippen molar-refractivity contribution in [1.82, 2.24) is 10.2 Å². The molecule has 0 radical (unpaired) electrons. The Morgan fingerprint density at radius 1 is 1.12 bits per heavy atom. The minimum atomic E-state index is -1.76. The molecule has 1 saturated heterocycles. The summed E-state index contributed by atoms with van der Waals surface area (Å²) in [6.07, 6.45) is -4.96.